The third-order valence-electron chi connectivity index (χ3n) is 5.40. The van der Waals surface area contributed by atoms with Crippen LogP contribution < -0.4 is 4.74 Å². The monoisotopic (exact) mass is 448 g/mol. The maximum atomic E-state index is 13.3. The lowest BCUT2D eigenvalue weighted by Crippen LogP contribution is -2.08. The van der Waals surface area contributed by atoms with Crippen LogP contribution in [0.15, 0.2) is 76.0 Å². The van der Waals surface area contributed by atoms with E-state index in [9.17, 15) is 17.9 Å². The summed E-state index contributed by atoms with van der Waals surface area (Å²) in [5.41, 5.74) is 1.87. The van der Waals surface area contributed by atoms with Crippen molar-refractivity contribution in [3.63, 3.8) is 0 Å². The number of hydrogen-bond donors (Lipinski definition) is 1. The largest absolute Gasteiger partial charge is 0.505 e. The average Bonchev–Trinajstić information content (AvgIpc) is 3.08. The second-order valence-electron chi connectivity index (χ2n) is 7.36. The molecule has 0 bridgehead atoms. The Bertz CT molecular complexity index is 1510. The van der Waals surface area contributed by atoms with Crippen LogP contribution in [0.2, 0.25) is 0 Å². The van der Waals surface area contributed by atoms with Gasteiger partial charge in [0.15, 0.2) is 5.75 Å². The molecule has 0 amide bonds. The fourth-order valence-electron chi connectivity index (χ4n) is 3.93. The van der Waals surface area contributed by atoms with E-state index in [0.29, 0.717) is 28.5 Å². The molecule has 0 fully saturated rings. The molecule has 0 saturated heterocycles. The van der Waals surface area contributed by atoms with Gasteiger partial charge in [-0.15, -0.1) is 0 Å². The Kier molecular flexibility index (Phi) is 4.67. The molecule has 1 aromatic heterocycles. The molecule has 1 N–H and O–H groups in total. The summed E-state index contributed by atoms with van der Waals surface area (Å²) < 4.78 is 48.1. The summed E-state index contributed by atoms with van der Waals surface area (Å²) in [6, 6.07) is 18.0. The van der Waals surface area contributed by atoms with E-state index in [4.69, 9.17) is 4.74 Å². The molecule has 1 aliphatic rings. The number of methoxy groups -OCH3 is 1. The standard InChI is InChI=1S/C24H17FN2O4S/c1-31-20-8-4-7-18-21(27-32(29,30)24(18)20)22-23(28)17-6-3-2-5-16(17)19(26-22)13-14-9-11-15(25)12-10-14/h2-12,28H,13H2,1H3. The van der Waals surface area contributed by atoms with Crippen molar-refractivity contribution < 1.29 is 22.7 Å². The molecule has 32 heavy (non-hydrogen) atoms. The number of aromatic nitrogens is 1. The summed E-state index contributed by atoms with van der Waals surface area (Å²) in [6.45, 7) is 0. The predicted octanol–water partition coefficient (Wildman–Crippen LogP) is 4.22. The van der Waals surface area contributed by atoms with Gasteiger partial charge < -0.3 is 9.84 Å². The predicted molar refractivity (Wildman–Crippen MR) is 118 cm³/mol. The maximum Gasteiger partial charge on any atom is 0.287 e. The Labute approximate surface area is 183 Å². The van der Waals surface area contributed by atoms with E-state index < -0.39 is 10.0 Å². The third-order valence-corrected chi connectivity index (χ3v) is 6.76. The van der Waals surface area contributed by atoms with E-state index >= 15 is 0 Å². The molecule has 8 heteroatoms. The molecule has 0 saturated carbocycles. The minimum Gasteiger partial charge on any atom is -0.505 e. The van der Waals surface area contributed by atoms with E-state index in [-0.39, 0.29) is 33.6 Å². The van der Waals surface area contributed by atoms with E-state index in [0.717, 1.165) is 5.56 Å². The molecule has 4 aromatic rings. The summed E-state index contributed by atoms with van der Waals surface area (Å²) in [5, 5.41) is 12.3. The lowest BCUT2D eigenvalue weighted by Gasteiger charge is -2.13. The Morgan fingerprint density at radius 1 is 0.969 bits per heavy atom. The van der Waals surface area contributed by atoms with E-state index in [1.807, 2.05) is 12.1 Å². The van der Waals surface area contributed by atoms with Crippen molar-refractivity contribution in [2.45, 2.75) is 11.3 Å². The van der Waals surface area contributed by atoms with Gasteiger partial charge in [0.05, 0.1) is 12.8 Å². The molecular weight excluding hydrogens is 431 g/mol. The van der Waals surface area contributed by atoms with Gasteiger partial charge in [0.25, 0.3) is 10.0 Å². The number of nitrogens with zero attached hydrogens (tertiary/aromatic N) is 2. The fraction of sp³-hybridized carbons (Fsp3) is 0.0833. The highest BCUT2D eigenvalue weighted by atomic mass is 32.2. The zero-order chi connectivity index (χ0) is 22.5. The Morgan fingerprint density at radius 3 is 2.41 bits per heavy atom. The first-order valence-corrected chi connectivity index (χ1v) is 11.2. The average molecular weight is 448 g/mol. The molecule has 6 nitrogen and oxygen atoms in total. The molecule has 5 rings (SSSR count). The molecule has 2 heterocycles. The normalized spacial score (nSPS) is 14.2. The SMILES string of the molecule is COc1cccc2c1S(=O)(=O)N=C2c1nc(Cc2ccc(F)cc2)c2ccccc2c1O. The summed E-state index contributed by atoms with van der Waals surface area (Å²) in [7, 11) is -2.64. The topological polar surface area (TPSA) is 88.9 Å². The Hall–Kier alpha value is -3.78. The van der Waals surface area contributed by atoms with Crippen molar-refractivity contribution in [1.29, 1.82) is 0 Å². The summed E-state index contributed by atoms with van der Waals surface area (Å²) in [4.78, 5) is 4.59. The van der Waals surface area contributed by atoms with Crippen LogP contribution in [0.3, 0.4) is 0 Å². The first-order valence-electron chi connectivity index (χ1n) is 9.77. The number of halogens is 1. The molecule has 160 valence electrons. The lowest BCUT2D eigenvalue weighted by molar-refractivity contribution is 0.403. The minimum absolute atomic E-state index is 0.0491. The molecule has 0 spiro atoms. The number of benzene rings is 3. The molecule has 0 atom stereocenters. The van der Waals surface area contributed by atoms with Gasteiger partial charge in [-0.05, 0) is 23.8 Å². The van der Waals surface area contributed by atoms with Gasteiger partial charge in [-0.3, -0.25) is 0 Å². The van der Waals surface area contributed by atoms with Crippen molar-refractivity contribution in [2.24, 2.45) is 4.40 Å². The molecular formula is C24H17FN2O4S. The number of ether oxygens (including phenoxy) is 1. The zero-order valence-electron chi connectivity index (χ0n) is 16.9. The number of aromatic hydroxyl groups is 1. The van der Waals surface area contributed by atoms with Crippen LogP contribution in [0.5, 0.6) is 11.5 Å². The number of fused-ring (bicyclic) bond motifs is 2. The van der Waals surface area contributed by atoms with Gasteiger partial charge in [-0.1, -0.05) is 48.5 Å². The van der Waals surface area contributed by atoms with Crippen LogP contribution in [0.4, 0.5) is 4.39 Å². The first-order chi connectivity index (χ1) is 15.4. The van der Waals surface area contributed by atoms with Gasteiger partial charge in [-0.25, -0.2) is 9.37 Å². The Morgan fingerprint density at radius 2 is 1.69 bits per heavy atom. The zero-order valence-corrected chi connectivity index (χ0v) is 17.7. The third kappa shape index (κ3) is 3.20. The minimum atomic E-state index is -4.02. The highest BCUT2D eigenvalue weighted by molar-refractivity contribution is 7.91. The van der Waals surface area contributed by atoms with Gasteiger partial charge in [0.1, 0.15) is 27.9 Å². The van der Waals surface area contributed by atoms with E-state index in [1.165, 1.54) is 19.2 Å². The quantitative estimate of drug-likeness (QED) is 0.505. The molecule has 3 aromatic carbocycles. The van der Waals surface area contributed by atoms with Crippen LogP contribution in [-0.4, -0.2) is 31.3 Å². The summed E-state index contributed by atoms with van der Waals surface area (Å²) >= 11 is 0. The van der Waals surface area contributed by atoms with Crippen LogP contribution in [0, 0.1) is 5.82 Å². The highest BCUT2D eigenvalue weighted by Gasteiger charge is 2.35. The van der Waals surface area contributed by atoms with Crippen molar-refractivity contribution >= 4 is 26.5 Å². The Balaban J connectivity index is 1.75. The van der Waals surface area contributed by atoms with Crippen molar-refractivity contribution in [2.75, 3.05) is 7.11 Å². The number of hydrogen-bond acceptors (Lipinski definition) is 5. The second-order valence-corrected chi connectivity index (χ2v) is 8.90. The van der Waals surface area contributed by atoms with Crippen molar-refractivity contribution in [1.82, 2.24) is 4.98 Å². The van der Waals surface area contributed by atoms with Gasteiger partial charge in [0, 0.05) is 22.8 Å². The smallest absolute Gasteiger partial charge is 0.287 e. The molecule has 1 aliphatic heterocycles. The highest BCUT2D eigenvalue weighted by Crippen LogP contribution is 2.39. The van der Waals surface area contributed by atoms with Gasteiger partial charge >= 0.3 is 0 Å². The van der Waals surface area contributed by atoms with Crippen LogP contribution in [0.25, 0.3) is 10.8 Å². The fourth-order valence-corrected chi connectivity index (χ4v) is 5.29. The molecule has 0 radical (unpaired) electrons. The van der Waals surface area contributed by atoms with Gasteiger partial charge in [0.2, 0.25) is 0 Å². The van der Waals surface area contributed by atoms with Crippen LogP contribution in [0.1, 0.15) is 22.5 Å². The van der Waals surface area contributed by atoms with E-state index in [2.05, 4.69) is 9.38 Å². The number of pyridine rings is 1. The second kappa shape index (κ2) is 7.42. The maximum absolute atomic E-state index is 13.3. The van der Waals surface area contributed by atoms with E-state index in [1.54, 1.807) is 42.5 Å². The first kappa shape index (κ1) is 20.1. The molecule has 0 aliphatic carbocycles. The van der Waals surface area contributed by atoms with Gasteiger partial charge in [-0.2, -0.15) is 12.8 Å². The number of sulfonamides is 1. The molecule has 0 unspecified atom stereocenters. The van der Waals surface area contributed by atoms with Crippen molar-refractivity contribution in [3.8, 4) is 11.5 Å². The summed E-state index contributed by atoms with van der Waals surface area (Å²) in [5.74, 6) is -0.324. The van der Waals surface area contributed by atoms with Crippen molar-refractivity contribution in [3.05, 3.63) is 95.1 Å². The lowest BCUT2D eigenvalue weighted by atomic mass is 9.99. The number of rotatable bonds is 4. The summed E-state index contributed by atoms with van der Waals surface area (Å²) in [6.07, 6.45) is 0.360. The van der Waals surface area contributed by atoms with Crippen LogP contribution in [-0.2, 0) is 16.4 Å². The van der Waals surface area contributed by atoms with Crippen LogP contribution >= 0.6 is 0 Å².